The summed E-state index contributed by atoms with van der Waals surface area (Å²) in [4.78, 5) is 0. The highest BCUT2D eigenvalue weighted by molar-refractivity contribution is 5.53. The van der Waals surface area contributed by atoms with Gasteiger partial charge in [-0.05, 0) is 48.9 Å². The van der Waals surface area contributed by atoms with Gasteiger partial charge in [0.1, 0.15) is 30.5 Å². The zero-order valence-electron chi connectivity index (χ0n) is 10.7. The number of nitrogen functional groups attached to an aromatic ring is 1. The van der Waals surface area contributed by atoms with Crippen molar-refractivity contribution < 1.29 is 13.9 Å². The molecule has 0 heterocycles. The topological polar surface area (TPSA) is 44.5 Å². The summed E-state index contributed by atoms with van der Waals surface area (Å²) in [6.45, 7) is 2.72. The van der Waals surface area contributed by atoms with Crippen LogP contribution in [0.15, 0.2) is 42.5 Å². The van der Waals surface area contributed by atoms with Crippen molar-refractivity contribution in [3.63, 3.8) is 0 Å². The number of anilines is 1. The molecule has 0 aromatic heterocycles. The van der Waals surface area contributed by atoms with E-state index in [1.165, 1.54) is 12.1 Å². The van der Waals surface area contributed by atoms with Crippen LogP contribution in [0.5, 0.6) is 11.5 Å². The predicted molar refractivity (Wildman–Crippen MR) is 73.0 cm³/mol. The molecule has 2 rings (SSSR count). The monoisotopic (exact) mass is 261 g/mol. The van der Waals surface area contributed by atoms with Crippen molar-refractivity contribution in [2.45, 2.75) is 6.92 Å². The summed E-state index contributed by atoms with van der Waals surface area (Å²) in [6, 6.07) is 11.5. The molecule has 0 spiro atoms. The van der Waals surface area contributed by atoms with Crippen LogP contribution in [-0.2, 0) is 0 Å². The first-order chi connectivity index (χ1) is 9.15. The quantitative estimate of drug-likeness (QED) is 0.664. The molecule has 2 aromatic rings. The van der Waals surface area contributed by atoms with Crippen molar-refractivity contribution in [2.24, 2.45) is 0 Å². The Bertz CT molecular complexity index is 540. The van der Waals surface area contributed by atoms with Crippen molar-refractivity contribution in [2.75, 3.05) is 18.9 Å². The van der Waals surface area contributed by atoms with Gasteiger partial charge in [0.2, 0.25) is 0 Å². The number of benzene rings is 2. The highest BCUT2D eigenvalue weighted by Gasteiger charge is 2.00. The molecule has 0 unspecified atom stereocenters. The maximum Gasteiger partial charge on any atom is 0.142 e. The lowest BCUT2D eigenvalue weighted by molar-refractivity contribution is 0.218. The van der Waals surface area contributed by atoms with Gasteiger partial charge in [-0.15, -0.1) is 0 Å². The molecule has 0 atom stereocenters. The first-order valence-corrected chi connectivity index (χ1v) is 6.02. The van der Waals surface area contributed by atoms with E-state index in [9.17, 15) is 4.39 Å². The molecule has 19 heavy (non-hydrogen) atoms. The van der Waals surface area contributed by atoms with Gasteiger partial charge in [0.15, 0.2) is 0 Å². The molecule has 4 heteroatoms. The molecule has 0 amide bonds. The van der Waals surface area contributed by atoms with Crippen LogP contribution in [0.2, 0.25) is 0 Å². The molecule has 0 aliphatic heterocycles. The van der Waals surface area contributed by atoms with Gasteiger partial charge in [-0.25, -0.2) is 4.39 Å². The van der Waals surface area contributed by atoms with E-state index in [4.69, 9.17) is 15.2 Å². The zero-order valence-corrected chi connectivity index (χ0v) is 10.7. The first kappa shape index (κ1) is 13.2. The fourth-order valence-corrected chi connectivity index (χ4v) is 1.64. The SMILES string of the molecule is Cc1ccc(OCCOc2ccc(F)cc2)c(N)c1. The van der Waals surface area contributed by atoms with Crippen molar-refractivity contribution in [3.8, 4) is 11.5 Å². The van der Waals surface area contributed by atoms with E-state index >= 15 is 0 Å². The maximum atomic E-state index is 12.7. The van der Waals surface area contributed by atoms with Crippen LogP contribution in [0.4, 0.5) is 10.1 Å². The number of hydrogen-bond donors (Lipinski definition) is 1. The Hall–Kier alpha value is -2.23. The Kier molecular flexibility index (Phi) is 4.23. The molecule has 0 saturated carbocycles. The van der Waals surface area contributed by atoms with E-state index in [1.807, 2.05) is 25.1 Å². The third-order valence-electron chi connectivity index (χ3n) is 2.59. The molecule has 0 radical (unpaired) electrons. The summed E-state index contributed by atoms with van der Waals surface area (Å²) in [6.07, 6.45) is 0. The minimum Gasteiger partial charge on any atom is -0.490 e. The number of aryl methyl sites for hydroxylation is 1. The number of halogens is 1. The highest BCUT2D eigenvalue weighted by atomic mass is 19.1. The van der Waals surface area contributed by atoms with Crippen molar-refractivity contribution in [1.29, 1.82) is 0 Å². The molecule has 100 valence electrons. The Labute approximate surface area is 111 Å². The molecule has 0 bridgehead atoms. The molecule has 3 nitrogen and oxygen atoms in total. The van der Waals surface area contributed by atoms with Crippen LogP contribution in [0.25, 0.3) is 0 Å². The summed E-state index contributed by atoms with van der Waals surface area (Å²) in [5, 5.41) is 0. The molecular weight excluding hydrogens is 245 g/mol. The third-order valence-corrected chi connectivity index (χ3v) is 2.59. The second kappa shape index (κ2) is 6.09. The Morgan fingerprint density at radius 3 is 2.37 bits per heavy atom. The summed E-state index contributed by atoms with van der Waals surface area (Å²) in [7, 11) is 0. The molecule has 0 fully saturated rings. The Morgan fingerprint density at radius 2 is 1.68 bits per heavy atom. The lowest BCUT2D eigenvalue weighted by atomic mass is 10.2. The van der Waals surface area contributed by atoms with Crippen LogP contribution in [-0.4, -0.2) is 13.2 Å². The largest absolute Gasteiger partial charge is 0.490 e. The normalized spacial score (nSPS) is 10.2. The molecular formula is C15H16FNO2. The average molecular weight is 261 g/mol. The van der Waals surface area contributed by atoms with Crippen LogP contribution in [0.1, 0.15) is 5.56 Å². The van der Waals surface area contributed by atoms with Gasteiger partial charge in [0.05, 0.1) is 5.69 Å². The van der Waals surface area contributed by atoms with E-state index < -0.39 is 0 Å². The minimum absolute atomic E-state index is 0.281. The van der Waals surface area contributed by atoms with Crippen molar-refractivity contribution in [1.82, 2.24) is 0 Å². The van der Waals surface area contributed by atoms with Gasteiger partial charge in [-0.3, -0.25) is 0 Å². The van der Waals surface area contributed by atoms with Crippen molar-refractivity contribution in [3.05, 3.63) is 53.8 Å². The molecule has 0 saturated heterocycles. The van der Waals surface area contributed by atoms with Gasteiger partial charge in [-0.2, -0.15) is 0 Å². The Balaban J connectivity index is 1.79. The molecule has 2 N–H and O–H groups in total. The number of rotatable bonds is 5. The molecule has 0 aliphatic rings. The zero-order chi connectivity index (χ0) is 13.7. The van der Waals surface area contributed by atoms with E-state index in [2.05, 4.69) is 0 Å². The van der Waals surface area contributed by atoms with Crippen LogP contribution >= 0.6 is 0 Å². The standard InChI is InChI=1S/C15H16FNO2/c1-11-2-7-15(14(17)10-11)19-9-8-18-13-5-3-12(16)4-6-13/h2-7,10H,8-9,17H2,1H3. The van der Waals surface area contributed by atoms with Crippen molar-refractivity contribution >= 4 is 5.69 Å². The Morgan fingerprint density at radius 1 is 1.00 bits per heavy atom. The lowest BCUT2D eigenvalue weighted by Gasteiger charge is -2.10. The van der Waals surface area contributed by atoms with Gasteiger partial charge in [0.25, 0.3) is 0 Å². The van der Waals surface area contributed by atoms with Crippen LogP contribution in [0, 0.1) is 12.7 Å². The number of hydrogen-bond acceptors (Lipinski definition) is 3. The van der Waals surface area contributed by atoms with Crippen LogP contribution < -0.4 is 15.2 Å². The number of nitrogens with two attached hydrogens (primary N) is 1. The summed E-state index contributed by atoms with van der Waals surface area (Å²) < 4.78 is 23.6. The van der Waals surface area contributed by atoms with E-state index in [0.29, 0.717) is 30.4 Å². The number of ether oxygens (including phenoxy) is 2. The van der Waals surface area contributed by atoms with Gasteiger partial charge < -0.3 is 15.2 Å². The second-order valence-electron chi connectivity index (χ2n) is 4.19. The highest BCUT2D eigenvalue weighted by Crippen LogP contribution is 2.22. The van der Waals surface area contributed by atoms with E-state index in [0.717, 1.165) is 5.56 Å². The van der Waals surface area contributed by atoms with Gasteiger partial charge >= 0.3 is 0 Å². The van der Waals surface area contributed by atoms with Gasteiger partial charge in [-0.1, -0.05) is 6.07 Å². The van der Waals surface area contributed by atoms with Crippen LogP contribution in [0.3, 0.4) is 0 Å². The summed E-state index contributed by atoms with van der Waals surface area (Å²) in [5.41, 5.74) is 7.53. The summed E-state index contributed by atoms with van der Waals surface area (Å²) in [5.74, 6) is 0.978. The second-order valence-corrected chi connectivity index (χ2v) is 4.19. The van der Waals surface area contributed by atoms with E-state index in [-0.39, 0.29) is 5.82 Å². The minimum atomic E-state index is -0.281. The van der Waals surface area contributed by atoms with Gasteiger partial charge in [0, 0.05) is 0 Å². The first-order valence-electron chi connectivity index (χ1n) is 6.02. The lowest BCUT2D eigenvalue weighted by Crippen LogP contribution is -2.10. The average Bonchev–Trinajstić information content (AvgIpc) is 2.39. The summed E-state index contributed by atoms with van der Waals surface area (Å²) >= 11 is 0. The smallest absolute Gasteiger partial charge is 0.142 e. The third kappa shape index (κ3) is 3.88. The fourth-order valence-electron chi connectivity index (χ4n) is 1.64. The maximum absolute atomic E-state index is 12.7. The molecule has 2 aromatic carbocycles. The predicted octanol–water partition coefficient (Wildman–Crippen LogP) is 3.17. The molecule has 0 aliphatic carbocycles. The van der Waals surface area contributed by atoms with E-state index in [1.54, 1.807) is 12.1 Å². The fraction of sp³-hybridized carbons (Fsp3) is 0.200.